The van der Waals surface area contributed by atoms with Gasteiger partial charge >= 0.3 is 10.2 Å². The summed E-state index contributed by atoms with van der Waals surface area (Å²) in [5.74, 6) is 0.143. The van der Waals surface area contributed by atoms with Gasteiger partial charge in [0, 0.05) is 43.9 Å². The lowest BCUT2D eigenvalue weighted by atomic mass is 9.97. The van der Waals surface area contributed by atoms with Gasteiger partial charge in [0.25, 0.3) is 5.91 Å². The van der Waals surface area contributed by atoms with Gasteiger partial charge in [-0.2, -0.15) is 12.7 Å². The monoisotopic (exact) mass is 562 g/mol. The number of ether oxygens (including phenoxy) is 2. The Morgan fingerprint density at radius 3 is 2.59 bits per heavy atom. The van der Waals surface area contributed by atoms with Crippen molar-refractivity contribution in [3.8, 4) is 17.0 Å². The number of pyridine rings is 1. The van der Waals surface area contributed by atoms with Gasteiger partial charge in [-0.1, -0.05) is 20.8 Å². The van der Waals surface area contributed by atoms with Crippen LogP contribution in [0, 0.1) is 17.7 Å². The van der Waals surface area contributed by atoms with Crippen molar-refractivity contribution in [2.24, 2.45) is 11.8 Å². The summed E-state index contributed by atoms with van der Waals surface area (Å²) < 4.78 is 55.0. The number of hydrogen-bond donors (Lipinski definition) is 1. The molecular formula is C28H39FN4O5S. The minimum absolute atomic E-state index is 0.139. The fraction of sp³-hybridized carbons (Fsp3) is 0.571. The summed E-state index contributed by atoms with van der Waals surface area (Å²) >= 11 is 0. The maximum atomic E-state index is 14.5. The fourth-order valence-electron chi connectivity index (χ4n) is 5.35. The molecule has 1 aromatic carbocycles. The van der Waals surface area contributed by atoms with Crippen LogP contribution in [-0.4, -0.2) is 68.6 Å². The van der Waals surface area contributed by atoms with E-state index in [4.69, 9.17) is 14.5 Å². The van der Waals surface area contributed by atoms with Crippen LogP contribution in [0.25, 0.3) is 11.3 Å². The Hall–Kier alpha value is -2.76. The zero-order valence-corrected chi connectivity index (χ0v) is 24.3. The maximum Gasteiger partial charge on any atom is 0.304 e. The molecule has 1 N–H and O–H groups in total. The summed E-state index contributed by atoms with van der Waals surface area (Å²) in [6.07, 6.45) is 1.22. The summed E-state index contributed by atoms with van der Waals surface area (Å²) in [6.45, 7) is 11.8. The summed E-state index contributed by atoms with van der Waals surface area (Å²) in [4.78, 5) is 20.3. The van der Waals surface area contributed by atoms with Crippen LogP contribution in [0.15, 0.2) is 30.3 Å². The number of rotatable bonds is 9. The highest BCUT2D eigenvalue weighted by atomic mass is 32.2. The van der Waals surface area contributed by atoms with E-state index in [9.17, 15) is 17.6 Å². The molecule has 214 valence electrons. The van der Waals surface area contributed by atoms with E-state index in [1.807, 2.05) is 18.7 Å². The molecule has 9 nitrogen and oxygen atoms in total. The molecule has 2 aliphatic rings. The van der Waals surface area contributed by atoms with Crippen molar-refractivity contribution in [1.82, 2.24) is 14.0 Å². The Bertz CT molecular complexity index is 1320. The van der Waals surface area contributed by atoms with E-state index in [1.54, 1.807) is 18.2 Å². The molecule has 2 atom stereocenters. The third-order valence-corrected chi connectivity index (χ3v) is 8.66. The molecule has 1 amide bonds. The molecule has 0 aliphatic carbocycles. The number of carbonyl (C=O) groups excluding carboxylic acids is 1. The van der Waals surface area contributed by atoms with Crippen molar-refractivity contribution in [1.29, 1.82) is 0 Å². The van der Waals surface area contributed by atoms with Crippen LogP contribution < -0.4 is 14.4 Å². The molecule has 39 heavy (non-hydrogen) atoms. The summed E-state index contributed by atoms with van der Waals surface area (Å²) in [5.41, 5.74) is 0.769. The highest BCUT2D eigenvalue weighted by molar-refractivity contribution is 7.87. The number of anilines is 1. The molecule has 2 aromatic rings. The van der Waals surface area contributed by atoms with Crippen molar-refractivity contribution >= 4 is 21.9 Å². The SMILES string of the molecule is CO[C@@H]1CCN(S(=O)(=O)NC(=O)c2ccc(-c3cc(F)cc(OCC(C)C)c3)nc2N2C[C@@H](C)CC2(C)C)C1. The largest absolute Gasteiger partial charge is 0.493 e. The highest BCUT2D eigenvalue weighted by Crippen LogP contribution is 2.38. The first kappa shape index (κ1) is 29.2. The molecule has 1 aromatic heterocycles. The molecule has 4 rings (SSSR count). The van der Waals surface area contributed by atoms with Gasteiger partial charge < -0.3 is 14.4 Å². The van der Waals surface area contributed by atoms with Crippen LogP contribution in [0.1, 0.15) is 57.8 Å². The van der Waals surface area contributed by atoms with E-state index in [0.717, 1.165) is 6.42 Å². The molecule has 3 heterocycles. The minimum atomic E-state index is -4.08. The Morgan fingerprint density at radius 1 is 1.23 bits per heavy atom. The lowest BCUT2D eigenvalue weighted by Crippen LogP contribution is -2.44. The zero-order chi connectivity index (χ0) is 28.5. The van der Waals surface area contributed by atoms with Crippen molar-refractivity contribution in [2.75, 3.05) is 38.3 Å². The third kappa shape index (κ3) is 6.70. The predicted octanol–water partition coefficient (Wildman–Crippen LogP) is 4.24. The Balaban J connectivity index is 1.71. The number of benzene rings is 1. The number of carbonyl (C=O) groups is 1. The van der Waals surface area contributed by atoms with E-state index < -0.39 is 21.9 Å². The molecule has 2 saturated heterocycles. The molecule has 0 saturated carbocycles. The number of hydrogen-bond acceptors (Lipinski definition) is 7. The Morgan fingerprint density at radius 2 is 1.97 bits per heavy atom. The van der Waals surface area contributed by atoms with Gasteiger partial charge in [0.05, 0.1) is 24.0 Å². The molecule has 0 unspecified atom stereocenters. The molecule has 2 fully saturated rings. The van der Waals surface area contributed by atoms with Crippen molar-refractivity contribution in [3.05, 3.63) is 41.7 Å². The average Bonchev–Trinajstić information content (AvgIpc) is 3.45. The van der Waals surface area contributed by atoms with E-state index in [2.05, 4.69) is 25.5 Å². The van der Waals surface area contributed by atoms with Gasteiger partial charge in [-0.05, 0) is 62.8 Å². The second kappa shape index (κ2) is 11.4. The van der Waals surface area contributed by atoms with E-state index in [-0.39, 0.29) is 36.2 Å². The molecule has 0 bridgehead atoms. The topological polar surface area (TPSA) is 101 Å². The van der Waals surface area contributed by atoms with Crippen LogP contribution in [0.5, 0.6) is 5.75 Å². The molecule has 0 spiro atoms. The normalized spacial score (nSPS) is 21.5. The smallest absolute Gasteiger partial charge is 0.304 e. The summed E-state index contributed by atoms with van der Waals surface area (Å²) in [5, 5.41) is 0. The second-order valence-electron chi connectivity index (χ2n) is 11.6. The van der Waals surface area contributed by atoms with Crippen molar-refractivity contribution < 1.29 is 27.1 Å². The molecule has 2 aliphatic heterocycles. The van der Waals surface area contributed by atoms with Gasteiger partial charge in [0.15, 0.2) is 0 Å². The quantitative estimate of drug-likeness (QED) is 0.488. The first-order chi connectivity index (χ1) is 18.3. The van der Waals surface area contributed by atoms with Crippen LogP contribution >= 0.6 is 0 Å². The number of nitrogens with zero attached hydrogens (tertiary/aromatic N) is 3. The van der Waals surface area contributed by atoms with Crippen LogP contribution in [0.4, 0.5) is 10.2 Å². The maximum absolute atomic E-state index is 14.5. The number of amides is 1. The van der Waals surface area contributed by atoms with Gasteiger partial charge in [-0.15, -0.1) is 0 Å². The number of nitrogens with one attached hydrogen (secondary N) is 1. The van der Waals surface area contributed by atoms with Crippen LogP contribution in [0.2, 0.25) is 0 Å². The molecule has 11 heteroatoms. The lowest BCUT2D eigenvalue weighted by Gasteiger charge is -2.34. The van der Waals surface area contributed by atoms with Crippen molar-refractivity contribution in [3.63, 3.8) is 0 Å². The fourth-order valence-corrected chi connectivity index (χ4v) is 6.54. The van der Waals surface area contributed by atoms with Crippen LogP contribution in [0.3, 0.4) is 0 Å². The molecule has 0 radical (unpaired) electrons. The van der Waals surface area contributed by atoms with Crippen molar-refractivity contribution in [2.45, 2.75) is 59.1 Å². The first-order valence-electron chi connectivity index (χ1n) is 13.4. The van der Waals surface area contributed by atoms with E-state index >= 15 is 0 Å². The summed E-state index contributed by atoms with van der Waals surface area (Å²) in [6, 6.07) is 7.59. The predicted molar refractivity (Wildman–Crippen MR) is 149 cm³/mol. The minimum Gasteiger partial charge on any atom is -0.493 e. The van der Waals surface area contributed by atoms with Gasteiger partial charge in [0.1, 0.15) is 17.4 Å². The lowest BCUT2D eigenvalue weighted by molar-refractivity contribution is 0.0977. The number of methoxy groups -OCH3 is 1. The highest BCUT2D eigenvalue weighted by Gasteiger charge is 2.40. The first-order valence-corrected chi connectivity index (χ1v) is 14.8. The van der Waals surface area contributed by atoms with E-state index in [1.165, 1.54) is 23.5 Å². The van der Waals surface area contributed by atoms with Gasteiger partial charge in [-0.3, -0.25) is 4.79 Å². The number of halogens is 1. The van der Waals surface area contributed by atoms with E-state index in [0.29, 0.717) is 48.3 Å². The summed E-state index contributed by atoms with van der Waals surface area (Å²) in [7, 11) is -2.54. The second-order valence-corrected chi connectivity index (χ2v) is 13.3. The third-order valence-electron chi connectivity index (χ3n) is 7.20. The standard InChI is InChI=1S/C28H39FN4O5S/c1-18(2)17-38-23-12-20(11-21(29)13-23)25-8-7-24(26(30-25)33-15-19(3)14-28(33,4)5)27(34)31-39(35,36)32-10-9-22(16-32)37-6/h7-8,11-13,18-19,22H,9-10,14-17H2,1-6H3,(H,31,34)/t19-,22+/m0/s1. The Labute approximate surface area is 230 Å². The van der Waals surface area contributed by atoms with Crippen LogP contribution in [-0.2, 0) is 14.9 Å². The zero-order valence-electron chi connectivity index (χ0n) is 23.5. The van der Waals surface area contributed by atoms with Gasteiger partial charge in [0.2, 0.25) is 0 Å². The Kier molecular flexibility index (Phi) is 8.53. The number of aromatic nitrogens is 1. The molecular weight excluding hydrogens is 523 g/mol. The van der Waals surface area contributed by atoms with Gasteiger partial charge in [-0.25, -0.2) is 14.1 Å². The average molecular weight is 563 g/mol.